The molecule has 0 saturated heterocycles. The maximum absolute atomic E-state index is 10.3. The van der Waals surface area contributed by atoms with Gasteiger partial charge in [-0.15, -0.1) is 0 Å². The van der Waals surface area contributed by atoms with Crippen LogP contribution < -0.4 is 56.7 Å². The molecule has 0 heterocycles. The number of hydrogen-bond acceptors (Lipinski definition) is 2. The molecule has 2 nitrogen and oxygen atoms in total. The molecule has 2 rings (SSSR count). The Morgan fingerprint density at radius 2 is 1.40 bits per heavy atom. The number of carbonyl (C=O) groups is 1. The van der Waals surface area contributed by atoms with Crippen molar-refractivity contribution < 1.29 is 62.2 Å². The molecule has 4 heteroatoms. The Hall–Kier alpha value is -0.154. The van der Waals surface area contributed by atoms with E-state index >= 15 is 0 Å². The fraction of sp³-hybridized carbons (Fsp3) is 0.188. The Bertz CT molecular complexity index is 511. The van der Waals surface area contributed by atoms with Gasteiger partial charge in [0.05, 0.1) is 5.30 Å². The molecule has 0 aliphatic heterocycles. The first-order valence-electron chi connectivity index (χ1n) is 5.99. The van der Waals surface area contributed by atoms with E-state index in [0.717, 1.165) is 0 Å². The third-order valence-electron chi connectivity index (χ3n) is 2.53. The van der Waals surface area contributed by atoms with Crippen molar-refractivity contribution in [3.63, 3.8) is 0 Å². The average molecular weight is 312 g/mol. The Morgan fingerprint density at radius 3 is 1.75 bits per heavy atom. The van der Waals surface area contributed by atoms with Crippen molar-refractivity contribution in [2.75, 3.05) is 0 Å². The van der Waals surface area contributed by atoms with E-state index in [1.54, 1.807) is 24.3 Å². The van der Waals surface area contributed by atoms with Crippen LogP contribution >= 0.6 is 8.46 Å². The van der Waals surface area contributed by atoms with E-state index < -0.39 is 0 Å². The van der Waals surface area contributed by atoms with Crippen molar-refractivity contribution in [2.24, 2.45) is 0 Å². The summed E-state index contributed by atoms with van der Waals surface area (Å²) in [6.07, 6.45) is 0.695. The number of hydrogen-bond donors (Lipinski definition) is 0. The number of carbonyl (C=O) groups excluding carboxylic acids is 1. The molecule has 0 radical (unpaired) electrons. The van der Waals surface area contributed by atoms with Crippen LogP contribution in [0.3, 0.4) is 0 Å². The molecule has 0 amide bonds. The van der Waals surface area contributed by atoms with E-state index in [-0.39, 0.29) is 61.3 Å². The van der Waals surface area contributed by atoms with Gasteiger partial charge in [0.2, 0.25) is 0 Å². The summed E-state index contributed by atoms with van der Waals surface area (Å²) in [5.41, 5.74) is 4.55. The molecular formula is C16H18KO2P. The molecule has 20 heavy (non-hydrogen) atoms. The van der Waals surface area contributed by atoms with Gasteiger partial charge in [-0.1, -0.05) is 53.1 Å². The van der Waals surface area contributed by atoms with E-state index in [1.165, 1.54) is 16.7 Å². The van der Waals surface area contributed by atoms with Crippen molar-refractivity contribution in [1.82, 2.24) is 0 Å². The zero-order chi connectivity index (χ0) is 14.3. The van der Waals surface area contributed by atoms with Crippen LogP contribution in [0.15, 0.2) is 42.5 Å². The molecule has 0 spiro atoms. The fourth-order valence-electron chi connectivity index (χ4n) is 1.87. The maximum atomic E-state index is 10.3. The average Bonchev–Trinajstić information content (AvgIpc) is 2.37. The normalized spacial score (nSPS) is 9.15. The van der Waals surface area contributed by atoms with Crippen LogP contribution in [0.5, 0.6) is 0 Å². The summed E-state index contributed by atoms with van der Waals surface area (Å²) in [4.78, 5) is 10.2. The molecule has 0 fully saturated rings. The molecule has 0 N–H and O–H groups in total. The predicted octanol–water partition coefficient (Wildman–Crippen LogP) is 1.14. The van der Waals surface area contributed by atoms with Crippen LogP contribution in [0.2, 0.25) is 0 Å². The second-order valence-electron chi connectivity index (χ2n) is 4.43. The Balaban J connectivity index is 0. The molecule has 0 unspecified atom stereocenters. The van der Waals surface area contributed by atoms with Gasteiger partial charge < -0.3 is 1.43 Å². The predicted molar refractivity (Wildman–Crippen MR) is 80.8 cm³/mol. The molecule has 0 atom stereocenters. The van der Waals surface area contributed by atoms with Crippen LogP contribution in [0.1, 0.15) is 28.5 Å². The van der Waals surface area contributed by atoms with Crippen molar-refractivity contribution in [3.8, 4) is 0 Å². The number of benzene rings is 2. The van der Waals surface area contributed by atoms with E-state index in [2.05, 4.69) is 39.0 Å². The largest absolute Gasteiger partial charge is 1.00 e. The minimum Gasteiger partial charge on any atom is -1.00 e. The van der Waals surface area contributed by atoms with E-state index in [4.69, 9.17) is 0 Å². The quantitative estimate of drug-likeness (QED) is 0.473. The van der Waals surface area contributed by atoms with Gasteiger partial charge in [0, 0.05) is 5.56 Å². The van der Waals surface area contributed by atoms with Crippen LogP contribution in [0.4, 0.5) is 0 Å². The van der Waals surface area contributed by atoms with Gasteiger partial charge in [-0.05, 0) is 26.8 Å². The summed E-state index contributed by atoms with van der Waals surface area (Å²) < 4.78 is 10.3. The summed E-state index contributed by atoms with van der Waals surface area (Å²) in [6, 6.07) is 13.3. The van der Waals surface area contributed by atoms with Gasteiger partial charge in [-0.3, -0.25) is 9.36 Å². The fourth-order valence-corrected chi connectivity index (χ4v) is 2.25. The third-order valence-corrected chi connectivity index (χ3v) is 3.13. The molecule has 0 aliphatic carbocycles. The van der Waals surface area contributed by atoms with Gasteiger partial charge in [-0.25, -0.2) is 0 Å². The number of rotatable bonds is 2. The monoisotopic (exact) mass is 312 g/mol. The first-order valence-corrected chi connectivity index (χ1v) is 6.80. The molecule has 0 bridgehead atoms. The summed E-state index contributed by atoms with van der Waals surface area (Å²) >= 11 is 0. The molecule has 100 valence electrons. The molecule has 2 aromatic carbocycles. The Morgan fingerprint density at radius 1 is 0.950 bits per heavy atom. The van der Waals surface area contributed by atoms with Crippen LogP contribution in [-0.2, 0) is 4.57 Å². The molecule has 0 aromatic heterocycles. The van der Waals surface area contributed by atoms with Crippen molar-refractivity contribution in [2.45, 2.75) is 20.8 Å². The second-order valence-corrected chi connectivity index (χ2v) is 5.10. The molecular weight excluding hydrogens is 294 g/mol. The minimum atomic E-state index is -0.103. The maximum Gasteiger partial charge on any atom is 1.00 e. The van der Waals surface area contributed by atoms with Gasteiger partial charge >= 0.3 is 51.4 Å². The van der Waals surface area contributed by atoms with Gasteiger partial charge in [0.15, 0.2) is 14.7 Å². The molecule has 0 saturated carbocycles. The second kappa shape index (κ2) is 10.6. The van der Waals surface area contributed by atoms with Gasteiger partial charge in [0.1, 0.15) is 0 Å². The van der Waals surface area contributed by atoms with Crippen molar-refractivity contribution in [3.05, 3.63) is 64.7 Å². The van der Waals surface area contributed by atoms with Crippen LogP contribution in [-0.4, -0.2) is 6.29 Å². The minimum absolute atomic E-state index is 0. The Labute approximate surface area is 166 Å². The third kappa shape index (κ3) is 7.03. The smallest absolute Gasteiger partial charge is 1.00 e. The zero-order valence-corrected chi connectivity index (χ0v) is 16.4. The summed E-state index contributed by atoms with van der Waals surface area (Å²) in [7, 11) is -0.103. The number of aryl methyl sites for hydroxylation is 3. The topological polar surface area (TPSA) is 34.1 Å². The van der Waals surface area contributed by atoms with Crippen LogP contribution in [0.25, 0.3) is 0 Å². The summed E-state index contributed by atoms with van der Waals surface area (Å²) in [5.74, 6) is 0. The number of aldehydes is 1. The van der Waals surface area contributed by atoms with Gasteiger partial charge in [0.25, 0.3) is 0 Å². The van der Waals surface area contributed by atoms with E-state index in [1.807, 2.05) is 0 Å². The van der Waals surface area contributed by atoms with Crippen LogP contribution in [0, 0.1) is 20.8 Å². The summed E-state index contributed by atoms with van der Waals surface area (Å²) in [6.45, 7) is 6.38. The van der Waals surface area contributed by atoms with Gasteiger partial charge in [-0.2, -0.15) is 0 Å². The zero-order valence-electron chi connectivity index (χ0n) is 13.4. The first-order chi connectivity index (χ1) is 9.06. The van der Waals surface area contributed by atoms with E-state index in [0.29, 0.717) is 17.2 Å². The van der Waals surface area contributed by atoms with E-state index in [9.17, 15) is 9.36 Å². The standard InChI is InChI=1S/C9H12.C7H5O2P.K.H/c1-7-4-8(2)6-9(3)5-7;8-5-6-3-1-2-4-7(6)10-9;;/h4-6H,1-3H3;1-5H;;/q;;+1;-1. The SMILES string of the molecule is Cc1cc(C)cc(C)c1.O=Cc1ccccc1P=O.[H-].[K+]. The molecule has 2 aromatic rings. The first kappa shape index (κ1) is 19.8. The van der Waals surface area contributed by atoms with Crippen molar-refractivity contribution >= 4 is 20.1 Å². The molecule has 0 aliphatic rings. The van der Waals surface area contributed by atoms with Crippen molar-refractivity contribution in [1.29, 1.82) is 0 Å². The summed E-state index contributed by atoms with van der Waals surface area (Å²) in [5, 5.41) is 0.539. The Kier molecular flexibility index (Phi) is 10.5.